The Bertz CT molecular complexity index is 343. The Balaban J connectivity index is 2.86. The molecule has 0 amide bonds. The van der Waals surface area contributed by atoms with E-state index < -0.39 is 0 Å². The van der Waals surface area contributed by atoms with Gasteiger partial charge in [0.1, 0.15) is 12.0 Å². The second-order valence-corrected chi connectivity index (χ2v) is 4.79. The molecule has 1 aromatic rings. The van der Waals surface area contributed by atoms with E-state index in [9.17, 15) is 0 Å². The summed E-state index contributed by atoms with van der Waals surface area (Å²) in [6.07, 6.45) is 2.55. The van der Waals surface area contributed by atoms with Gasteiger partial charge in [-0.05, 0) is 27.2 Å². The van der Waals surface area contributed by atoms with E-state index in [-0.39, 0.29) is 5.54 Å². The zero-order valence-corrected chi connectivity index (χ0v) is 10.5. The molecule has 0 saturated heterocycles. The molecule has 0 aliphatic carbocycles. The van der Waals surface area contributed by atoms with Gasteiger partial charge < -0.3 is 16.4 Å². The highest BCUT2D eigenvalue weighted by atomic mass is 15.1. The molecule has 1 heterocycles. The van der Waals surface area contributed by atoms with E-state index >= 15 is 0 Å². The SMILES string of the molecule is CCCNc1ncnc(NC(C)(C)C)c1N. The van der Waals surface area contributed by atoms with Crippen LogP contribution in [0.4, 0.5) is 17.3 Å². The fourth-order valence-electron chi connectivity index (χ4n) is 1.23. The number of nitrogen functional groups attached to an aromatic ring is 1. The van der Waals surface area contributed by atoms with E-state index in [2.05, 4.69) is 48.3 Å². The Kier molecular flexibility index (Phi) is 3.93. The second-order valence-electron chi connectivity index (χ2n) is 4.79. The molecule has 1 rings (SSSR count). The lowest BCUT2D eigenvalue weighted by atomic mass is 10.1. The van der Waals surface area contributed by atoms with Crippen molar-refractivity contribution in [3.8, 4) is 0 Å². The summed E-state index contributed by atoms with van der Waals surface area (Å²) in [5.74, 6) is 1.38. The van der Waals surface area contributed by atoms with E-state index in [0.717, 1.165) is 13.0 Å². The summed E-state index contributed by atoms with van der Waals surface area (Å²) in [5, 5.41) is 6.42. The van der Waals surface area contributed by atoms with Gasteiger partial charge in [-0.3, -0.25) is 0 Å². The molecule has 0 aliphatic rings. The van der Waals surface area contributed by atoms with Gasteiger partial charge in [-0.1, -0.05) is 6.92 Å². The minimum atomic E-state index is -0.0650. The Morgan fingerprint density at radius 2 is 1.88 bits per heavy atom. The molecule has 0 aromatic carbocycles. The highest BCUT2D eigenvalue weighted by Gasteiger charge is 2.14. The number of hydrogen-bond acceptors (Lipinski definition) is 5. The summed E-state index contributed by atoms with van der Waals surface area (Å²) in [6.45, 7) is 9.14. The molecule has 0 aliphatic heterocycles. The minimum Gasteiger partial charge on any atom is -0.393 e. The van der Waals surface area contributed by atoms with Crippen molar-refractivity contribution >= 4 is 17.3 Å². The number of nitrogens with two attached hydrogens (primary N) is 1. The molecule has 0 fully saturated rings. The van der Waals surface area contributed by atoms with Crippen molar-refractivity contribution in [2.75, 3.05) is 22.9 Å². The van der Waals surface area contributed by atoms with Crippen molar-refractivity contribution < 1.29 is 0 Å². The van der Waals surface area contributed by atoms with E-state index in [1.54, 1.807) is 0 Å². The predicted molar refractivity (Wildman–Crippen MR) is 68.6 cm³/mol. The molecule has 0 bridgehead atoms. The van der Waals surface area contributed by atoms with E-state index in [0.29, 0.717) is 17.3 Å². The van der Waals surface area contributed by atoms with Crippen LogP contribution in [-0.2, 0) is 0 Å². The van der Waals surface area contributed by atoms with Crippen LogP contribution in [0.3, 0.4) is 0 Å². The van der Waals surface area contributed by atoms with Gasteiger partial charge in [-0.15, -0.1) is 0 Å². The number of rotatable bonds is 4. The van der Waals surface area contributed by atoms with Crippen molar-refractivity contribution in [2.45, 2.75) is 39.7 Å². The van der Waals surface area contributed by atoms with Crippen LogP contribution in [0.15, 0.2) is 6.33 Å². The first-order chi connectivity index (χ1) is 7.44. The second kappa shape index (κ2) is 5.01. The summed E-state index contributed by atoms with van der Waals surface area (Å²) >= 11 is 0. The molecular formula is C11H21N5. The lowest BCUT2D eigenvalue weighted by Crippen LogP contribution is -2.27. The largest absolute Gasteiger partial charge is 0.393 e. The highest BCUT2D eigenvalue weighted by molar-refractivity contribution is 5.74. The van der Waals surface area contributed by atoms with Crippen LogP contribution in [0, 0.1) is 0 Å². The molecule has 4 N–H and O–H groups in total. The lowest BCUT2D eigenvalue weighted by molar-refractivity contribution is 0.630. The molecule has 0 spiro atoms. The number of nitrogens with one attached hydrogen (secondary N) is 2. The average Bonchev–Trinajstić information content (AvgIpc) is 2.17. The third kappa shape index (κ3) is 3.56. The monoisotopic (exact) mass is 223 g/mol. The Morgan fingerprint density at radius 1 is 1.25 bits per heavy atom. The van der Waals surface area contributed by atoms with Gasteiger partial charge in [-0.2, -0.15) is 0 Å². The molecule has 90 valence electrons. The van der Waals surface area contributed by atoms with Crippen LogP contribution in [0.2, 0.25) is 0 Å². The molecule has 0 unspecified atom stereocenters. The lowest BCUT2D eigenvalue weighted by Gasteiger charge is -2.22. The smallest absolute Gasteiger partial charge is 0.155 e. The van der Waals surface area contributed by atoms with Crippen LogP contribution < -0.4 is 16.4 Å². The highest BCUT2D eigenvalue weighted by Crippen LogP contribution is 2.24. The summed E-state index contributed by atoms with van der Waals surface area (Å²) in [6, 6.07) is 0. The standard InChI is InChI=1S/C11H21N5/c1-5-6-13-9-8(12)10(15-7-14-9)16-11(2,3)4/h7H,5-6,12H2,1-4H3,(H2,13,14,15,16). The van der Waals surface area contributed by atoms with Crippen molar-refractivity contribution in [2.24, 2.45) is 0 Å². The van der Waals surface area contributed by atoms with Crippen LogP contribution in [0.25, 0.3) is 0 Å². The van der Waals surface area contributed by atoms with Crippen molar-refractivity contribution in [1.29, 1.82) is 0 Å². The first-order valence-corrected chi connectivity index (χ1v) is 5.56. The van der Waals surface area contributed by atoms with Gasteiger partial charge in [0.2, 0.25) is 0 Å². The molecule has 5 heteroatoms. The minimum absolute atomic E-state index is 0.0650. The fourth-order valence-corrected chi connectivity index (χ4v) is 1.23. The molecular weight excluding hydrogens is 202 g/mol. The van der Waals surface area contributed by atoms with Gasteiger partial charge in [0.25, 0.3) is 0 Å². The third-order valence-corrected chi connectivity index (χ3v) is 1.92. The first-order valence-electron chi connectivity index (χ1n) is 5.56. The Labute approximate surface area is 96.9 Å². The summed E-state index contributed by atoms with van der Waals surface area (Å²) in [7, 11) is 0. The summed E-state index contributed by atoms with van der Waals surface area (Å²) < 4.78 is 0. The van der Waals surface area contributed by atoms with Crippen molar-refractivity contribution in [3.05, 3.63) is 6.33 Å². The Hall–Kier alpha value is -1.52. The molecule has 16 heavy (non-hydrogen) atoms. The maximum Gasteiger partial charge on any atom is 0.155 e. The summed E-state index contributed by atoms with van der Waals surface area (Å²) in [4.78, 5) is 8.26. The summed E-state index contributed by atoms with van der Waals surface area (Å²) in [5.41, 5.74) is 6.49. The molecule has 5 nitrogen and oxygen atoms in total. The zero-order chi connectivity index (χ0) is 12.2. The molecule has 0 radical (unpaired) electrons. The van der Waals surface area contributed by atoms with Gasteiger partial charge in [0.05, 0.1) is 0 Å². The third-order valence-electron chi connectivity index (χ3n) is 1.92. The van der Waals surface area contributed by atoms with Crippen LogP contribution in [0.1, 0.15) is 34.1 Å². The number of anilines is 3. The van der Waals surface area contributed by atoms with Gasteiger partial charge >= 0.3 is 0 Å². The van der Waals surface area contributed by atoms with Crippen LogP contribution in [-0.4, -0.2) is 22.1 Å². The topological polar surface area (TPSA) is 75.9 Å². The van der Waals surface area contributed by atoms with Gasteiger partial charge in [-0.25, -0.2) is 9.97 Å². The number of aromatic nitrogens is 2. The normalized spacial score (nSPS) is 11.2. The maximum absolute atomic E-state index is 5.98. The quantitative estimate of drug-likeness (QED) is 0.728. The fraction of sp³-hybridized carbons (Fsp3) is 0.636. The predicted octanol–water partition coefficient (Wildman–Crippen LogP) is 2.09. The molecule has 0 atom stereocenters. The molecule has 1 aromatic heterocycles. The van der Waals surface area contributed by atoms with Crippen molar-refractivity contribution in [3.63, 3.8) is 0 Å². The van der Waals surface area contributed by atoms with Crippen LogP contribution in [0.5, 0.6) is 0 Å². The maximum atomic E-state index is 5.98. The Morgan fingerprint density at radius 3 is 2.44 bits per heavy atom. The number of nitrogens with zero attached hydrogens (tertiary/aromatic N) is 2. The van der Waals surface area contributed by atoms with E-state index in [4.69, 9.17) is 5.73 Å². The van der Waals surface area contributed by atoms with Crippen LogP contribution >= 0.6 is 0 Å². The van der Waals surface area contributed by atoms with Gasteiger partial charge in [0, 0.05) is 12.1 Å². The van der Waals surface area contributed by atoms with E-state index in [1.807, 2.05) is 0 Å². The first kappa shape index (κ1) is 12.5. The number of hydrogen-bond donors (Lipinski definition) is 3. The molecule has 0 saturated carbocycles. The van der Waals surface area contributed by atoms with E-state index in [1.165, 1.54) is 6.33 Å². The van der Waals surface area contributed by atoms with Crippen molar-refractivity contribution in [1.82, 2.24) is 9.97 Å². The average molecular weight is 223 g/mol. The van der Waals surface area contributed by atoms with Gasteiger partial charge in [0.15, 0.2) is 11.6 Å². The zero-order valence-electron chi connectivity index (χ0n) is 10.5.